The van der Waals surface area contributed by atoms with Gasteiger partial charge in [-0.15, -0.1) is 11.3 Å². The Morgan fingerprint density at radius 1 is 1.10 bits per heavy atom. The van der Waals surface area contributed by atoms with Crippen LogP contribution in [0.4, 0.5) is 0 Å². The third kappa shape index (κ3) is 3.68. The average molecular weight is 286 g/mol. The maximum Gasteiger partial charge on any atom is 0.0794 e. The summed E-state index contributed by atoms with van der Waals surface area (Å²) in [5.41, 5.74) is 4.66. The summed E-state index contributed by atoms with van der Waals surface area (Å²) in [4.78, 5) is 4.33. The van der Waals surface area contributed by atoms with Crippen LogP contribution >= 0.6 is 11.3 Å². The molecule has 0 aliphatic heterocycles. The molecule has 2 aromatic rings. The average Bonchev–Trinajstić information content (AvgIpc) is 3.02. The monoisotopic (exact) mass is 286 g/mol. The maximum atomic E-state index is 4.33. The van der Waals surface area contributed by atoms with Gasteiger partial charge in [0.15, 0.2) is 0 Å². The van der Waals surface area contributed by atoms with E-state index in [2.05, 4.69) is 46.0 Å². The van der Waals surface area contributed by atoms with Crippen LogP contribution in [0, 0.1) is 0 Å². The van der Waals surface area contributed by atoms with Crippen molar-refractivity contribution in [2.24, 2.45) is 0 Å². The van der Waals surface area contributed by atoms with Gasteiger partial charge in [0.25, 0.3) is 0 Å². The number of aromatic nitrogens is 1. The molecule has 106 valence electrons. The zero-order valence-corrected chi connectivity index (χ0v) is 12.6. The molecule has 1 heterocycles. The summed E-state index contributed by atoms with van der Waals surface area (Å²) in [6.07, 6.45) is 6.30. The van der Waals surface area contributed by atoms with Crippen molar-refractivity contribution < 1.29 is 0 Å². The first-order chi connectivity index (χ1) is 9.92. The van der Waals surface area contributed by atoms with Crippen molar-refractivity contribution in [1.29, 1.82) is 0 Å². The lowest BCUT2D eigenvalue weighted by molar-refractivity contribution is 0.344. The summed E-state index contributed by atoms with van der Waals surface area (Å²) in [5.74, 6) is 0.771. The van der Waals surface area contributed by atoms with Crippen molar-refractivity contribution in [3.8, 4) is 0 Å². The molecule has 0 bridgehead atoms. The number of hydrogen-bond donors (Lipinski definition) is 1. The van der Waals surface area contributed by atoms with Crippen LogP contribution in [0.1, 0.15) is 42.9 Å². The second-order valence-electron chi connectivity index (χ2n) is 5.64. The Hall–Kier alpha value is -1.19. The fourth-order valence-corrected chi connectivity index (χ4v) is 3.71. The molecule has 0 saturated heterocycles. The van der Waals surface area contributed by atoms with Gasteiger partial charge in [0.05, 0.1) is 11.2 Å². The van der Waals surface area contributed by atoms with Gasteiger partial charge in [-0.1, -0.05) is 30.3 Å². The van der Waals surface area contributed by atoms with Crippen LogP contribution in [0.25, 0.3) is 0 Å². The molecular formula is C17H22N2S. The highest BCUT2D eigenvalue weighted by molar-refractivity contribution is 7.07. The van der Waals surface area contributed by atoms with Crippen molar-refractivity contribution in [2.45, 2.75) is 44.1 Å². The molecule has 0 unspecified atom stereocenters. The first-order valence-electron chi connectivity index (χ1n) is 7.57. The van der Waals surface area contributed by atoms with Gasteiger partial charge in [0, 0.05) is 24.4 Å². The Labute approximate surface area is 125 Å². The number of hydrogen-bond acceptors (Lipinski definition) is 3. The molecule has 20 heavy (non-hydrogen) atoms. The van der Waals surface area contributed by atoms with Crippen molar-refractivity contribution in [1.82, 2.24) is 10.3 Å². The van der Waals surface area contributed by atoms with Crippen LogP contribution in [0.5, 0.6) is 0 Å². The van der Waals surface area contributed by atoms with Gasteiger partial charge in [-0.05, 0) is 37.2 Å². The fourth-order valence-electron chi connectivity index (χ4n) is 3.12. The molecule has 3 rings (SSSR count). The second-order valence-corrected chi connectivity index (χ2v) is 6.36. The van der Waals surface area contributed by atoms with Crippen molar-refractivity contribution in [2.75, 3.05) is 6.54 Å². The highest BCUT2D eigenvalue weighted by Gasteiger charge is 2.21. The Bertz CT molecular complexity index is 487. The summed E-state index contributed by atoms with van der Waals surface area (Å²) in [6.45, 7) is 1.06. The molecule has 3 heteroatoms. The minimum atomic E-state index is 0.702. The summed E-state index contributed by atoms with van der Waals surface area (Å²) >= 11 is 1.68. The maximum absolute atomic E-state index is 4.33. The van der Waals surface area contributed by atoms with Gasteiger partial charge in [-0.3, -0.25) is 0 Å². The molecule has 1 aliphatic carbocycles. The van der Waals surface area contributed by atoms with Crippen LogP contribution in [0.2, 0.25) is 0 Å². The van der Waals surface area contributed by atoms with Crippen LogP contribution in [-0.2, 0) is 6.42 Å². The van der Waals surface area contributed by atoms with E-state index in [1.54, 1.807) is 11.3 Å². The van der Waals surface area contributed by atoms with Gasteiger partial charge >= 0.3 is 0 Å². The summed E-state index contributed by atoms with van der Waals surface area (Å²) in [7, 11) is 0. The van der Waals surface area contributed by atoms with E-state index in [9.17, 15) is 0 Å². The Morgan fingerprint density at radius 3 is 2.60 bits per heavy atom. The molecule has 1 saturated carbocycles. The number of rotatable bonds is 5. The summed E-state index contributed by atoms with van der Waals surface area (Å²) in [5, 5.41) is 5.84. The van der Waals surface area contributed by atoms with E-state index < -0.39 is 0 Å². The third-order valence-electron chi connectivity index (χ3n) is 4.30. The molecule has 1 fully saturated rings. The van der Waals surface area contributed by atoms with Gasteiger partial charge in [0.1, 0.15) is 0 Å². The zero-order chi connectivity index (χ0) is 13.6. The first-order valence-corrected chi connectivity index (χ1v) is 8.51. The van der Waals surface area contributed by atoms with E-state index in [1.807, 2.05) is 5.51 Å². The minimum Gasteiger partial charge on any atom is -0.314 e. The van der Waals surface area contributed by atoms with Gasteiger partial charge < -0.3 is 5.32 Å². The molecule has 1 aromatic heterocycles. The molecule has 0 atom stereocenters. The zero-order valence-electron chi connectivity index (χ0n) is 11.8. The molecule has 1 aliphatic rings. The highest BCUT2D eigenvalue weighted by Crippen LogP contribution is 2.32. The predicted molar refractivity (Wildman–Crippen MR) is 85.3 cm³/mol. The van der Waals surface area contributed by atoms with E-state index in [1.165, 1.54) is 36.9 Å². The number of nitrogens with one attached hydrogen (secondary N) is 1. The van der Waals surface area contributed by atoms with Gasteiger partial charge in [0.2, 0.25) is 0 Å². The standard InChI is InChI=1S/C17H22N2S/c1-2-4-14(5-3-1)15-6-8-16(9-7-15)18-11-10-17-12-20-13-19-17/h1-5,12-13,15-16,18H,6-11H2. The highest BCUT2D eigenvalue weighted by atomic mass is 32.1. The molecule has 0 spiro atoms. The van der Waals surface area contributed by atoms with Gasteiger partial charge in [-0.25, -0.2) is 4.98 Å². The van der Waals surface area contributed by atoms with Crippen LogP contribution in [0.15, 0.2) is 41.2 Å². The van der Waals surface area contributed by atoms with E-state index in [0.29, 0.717) is 6.04 Å². The predicted octanol–water partition coefficient (Wildman–Crippen LogP) is 4.00. The molecule has 1 N–H and O–H groups in total. The molecule has 2 nitrogen and oxygen atoms in total. The minimum absolute atomic E-state index is 0.702. The quantitative estimate of drug-likeness (QED) is 0.898. The van der Waals surface area contributed by atoms with E-state index in [0.717, 1.165) is 18.9 Å². The molecule has 0 radical (unpaired) electrons. The van der Waals surface area contributed by atoms with Gasteiger partial charge in [-0.2, -0.15) is 0 Å². The number of benzene rings is 1. The van der Waals surface area contributed by atoms with Crippen LogP contribution < -0.4 is 5.32 Å². The van der Waals surface area contributed by atoms with E-state index in [4.69, 9.17) is 0 Å². The number of nitrogens with zero attached hydrogens (tertiary/aromatic N) is 1. The largest absolute Gasteiger partial charge is 0.314 e. The smallest absolute Gasteiger partial charge is 0.0794 e. The van der Waals surface area contributed by atoms with Crippen LogP contribution in [0.3, 0.4) is 0 Å². The summed E-state index contributed by atoms with van der Waals surface area (Å²) in [6, 6.07) is 11.7. The Balaban J connectivity index is 1.40. The lowest BCUT2D eigenvalue weighted by atomic mass is 9.82. The first kappa shape index (κ1) is 13.8. The summed E-state index contributed by atoms with van der Waals surface area (Å²) < 4.78 is 0. The van der Waals surface area contributed by atoms with Crippen LogP contribution in [-0.4, -0.2) is 17.6 Å². The molecule has 1 aromatic carbocycles. The van der Waals surface area contributed by atoms with Crippen molar-refractivity contribution in [3.05, 3.63) is 52.5 Å². The lowest BCUT2D eigenvalue weighted by Crippen LogP contribution is -2.34. The lowest BCUT2D eigenvalue weighted by Gasteiger charge is -2.29. The van der Waals surface area contributed by atoms with E-state index >= 15 is 0 Å². The third-order valence-corrected chi connectivity index (χ3v) is 4.93. The van der Waals surface area contributed by atoms with Crippen molar-refractivity contribution >= 4 is 11.3 Å². The Kier molecular flexibility index (Phi) is 4.82. The second kappa shape index (κ2) is 7.00. The normalized spacial score (nSPS) is 22.8. The topological polar surface area (TPSA) is 24.9 Å². The SMILES string of the molecule is c1ccc(C2CCC(NCCc3cscn3)CC2)cc1. The molecule has 0 amide bonds. The van der Waals surface area contributed by atoms with Crippen molar-refractivity contribution in [3.63, 3.8) is 0 Å². The fraction of sp³-hybridized carbons (Fsp3) is 0.471. The Morgan fingerprint density at radius 2 is 1.90 bits per heavy atom. The molecular weight excluding hydrogens is 264 g/mol. The van der Waals surface area contributed by atoms with E-state index in [-0.39, 0.29) is 0 Å². The number of thiazole rings is 1.